The molecule has 0 fully saturated rings. The summed E-state index contributed by atoms with van der Waals surface area (Å²) in [6.45, 7) is 2.41. The van der Waals surface area contributed by atoms with Gasteiger partial charge in [0.25, 0.3) is 5.91 Å². The average molecular weight is 365 g/mol. The highest BCUT2D eigenvalue weighted by atomic mass is 19.1. The summed E-state index contributed by atoms with van der Waals surface area (Å²) in [5.41, 5.74) is 1.83. The van der Waals surface area contributed by atoms with Crippen LogP contribution in [-0.2, 0) is 11.3 Å². The number of hydrogen-bond donors (Lipinski definition) is 1. The maximum Gasteiger partial charge on any atom is 0.272 e. The molecule has 0 saturated carbocycles. The molecule has 5 nitrogen and oxygen atoms in total. The Labute approximate surface area is 156 Å². The molecule has 0 aliphatic carbocycles. The molecule has 1 heterocycles. The minimum absolute atomic E-state index is 0.0644. The molecule has 2 amide bonds. The minimum atomic E-state index is -0.323. The van der Waals surface area contributed by atoms with Gasteiger partial charge in [0.1, 0.15) is 11.5 Å². The van der Waals surface area contributed by atoms with Gasteiger partial charge in [0.2, 0.25) is 5.91 Å². The van der Waals surface area contributed by atoms with Crippen molar-refractivity contribution in [2.75, 3.05) is 13.1 Å². The molecular formula is C21H20FN3O2. The van der Waals surface area contributed by atoms with E-state index < -0.39 is 0 Å². The predicted octanol–water partition coefficient (Wildman–Crippen LogP) is 3.15. The molecule has 6 heteroatoms. The number of aromatic nitrogens is 1. The molecule has 0 unspecified atom stereocenters. The van der Waals surface area contributed by atoms with Gasteiger partial charge in [-0.3, -0.25) is 9.59 Å². The lowest BCUT2D eigenvalue weighted by Gasteiger charge is -2.20. The van der Waals surface area contributed by atoms with Crippen molar-refractivity contribution in [2.24, 2.45) is 0 Å². The van der Waals surface area contributed by atoms with E-state index in [0.717, 1.165) is 16.5 Å². The molecule has 0 saturated heterocycles. The number of benzene rings is 2. The van der Waals surface area contributed by atoms with E-state index in [4.69, 9.17) is 0 Å². The van der Waals surface area contributed by atoms with Crippen molar-refractivity contribution < 1.29 is 14.0 Å². The number of nitrogens with zero attached hydrogens (tertiary/aromatic N) is 2. The first kappa shape index (κ1) is 18.5. The molecule has 0 radical (unpaired) electrons. The average Bonchev–Trinajstić information content (AvgIpc) is 2.70. The standard InChI is InChI=1S/C21H20FN3O2/c1-2-25(14-20(26)23-13-15-7-10-17(22)11-8-15)21(27)19-12-9-16-5-3-4-6-18(16)24-19/h3-12H,2,13-14H2,1H3,(H,23,26). The van der Waals surface area contributed by atoms with Gasteiger partial charge in [-0.1, -0.05) is 36.4 Å². The van der Waals surface area contributed by atoms with E-state index in [9.17, 15) is 14.0 Å². The van der Waals surface area contributed by atoms with Gasteiger partial charge in [-0.05, 0) is 36.8 Å². The summed E-state index contributed by atoms with van der Waals surface area (Å²) < 4.78 is 12.9. The van der Waals surface area contributed by atoms with Crippen molar-refractivity contribution in [3.05, 3.63) is 77.7 Å². The van der Waals surface area contributed by atoms with Gasteiger partial charge < -0.3 is 10.2 Å². The van der Waals surface area contributed by atoms with Crippen molar-refractivity contribution in [3.63, 3.8) is 0 Å². The summed E-state index contributed by atoms with van der Waals surface area (Å²) in [6, 6.07) is 17.0. The number of halogens is 1. The molecule has 0 spiro atoms. The Morgan fingerprint density at radius 2 is 1.78 bits per heavy atom. The molecule has 27 heavy (non-hydrogen) atoms. The van der Waals surface area contributed by atoms with Crippen molar-refractivity contribution in [3.8, 4) is 0 Å². The van der Waals surface area contributed by atoms with E-state index in [-0.39, 0.29) is 30.7 Å². The van der Waals surface area contributed by atoms with Crippen LogP contribution in [0.3, 0.4) is 0 Å². The molecule has 3 aromatic rings. The number of carbonyl (C=O) groups excluding carboxylic acids is 2. The summed E-state index contributed by atoms with van der Waals surface area (Å²) in [6.07, 6.45) is 0. The first-order valence-electron chi connectivity index (χ1n) is 8.73. The number of hydrogen-bond acceptors (Lipinski definition) is 3. The summed E-state index contributed by atoms with van der Waals surface area (Å²) in [5, 5.41) is 3.70. The zero-order valence-corrected chi connectivity index (χ0v) is 15.0. The van der Waals surface area contributed by atoms with E-state index in [1.165, 1.54) is 17.0 Å². The van der Waals surface area contributed by atoms with Crippen LogP contribution in [0.15, 0.2) is 60.7 Å². The maximum atomic E-state index is 12.9. The Hall–Kier alpha value is -3.28. The number of amides is 2. The number of carbonyl (C=O) groups is 2. The quantitative estimate of drug-likeness (QED) is 0.730. The van der Waals surface area contributed by atoms with Gasteiger partial charge in [-0.25, -0.2) is 9.37 Å². The summed E-state index contributed by atoms with van der Waals surface area (Å²) in [4.78, 5) is 30.7. The smallest absolute Gasteiger partial charge is 0.272 e. The summed E-state index contributed by atoms with van der Waals surface area (Å²) in [5.74, 6) is -0.897. The molecule has 0 bridgehead atoms. The minimum Gasteiger partial charge on any atom is -0.350 e. The van der Waals surface area contributed by atoms with Gasteiger partial charge in [-0.15, -0.1) is 0 Å². The number of rotatable bonds is 6. The molecule has 1 aromatic heterocycles. The van der Waals surface area contributed by atoms with Gasteiger partial charge in [-0.2, -0.15) is 0 Å². The van der Waals surface area contributed by atoms with Crippen LogP contribution in [0.5, 0.6) is 0 Å². The predicted molar refractivity (Wildman–Crippen MR) is 102 cm³/mol. The second kappa shape index (κ2) is 8.40. The third-order valence-corrected chi connectivity index (χ3v) is 4.22. The molecule has 0 aliphatic rings. The first-order chi connectivity index (χ1) is 13.1. The number of para-hydroxylation sites is 1. The summed E-state index contributed by atoms with van der Waals surface area (Å²) in [7, 11) is 0. The van der Waals surface area contributed by atoms with Crippen LogP contribution < -0.4 is 5.32 Å². The van der Waals surface area contributed by atoms with Crippen molar-refractivity contribution in [1.82, 2.24) is 15.2 Å². The molecule has 3 rings (SSSR count). The van der Waals surface area contributed by atoms with E-state index >= 15 is 0 Å². The van der Waals surface area contributed by atoms with Crippen LogP contribution in [0.2, 0.25) is 0 Å². The van der Waals surface area contributed by atoms with E-state index in [0.29, 0.717) is 12.2 Å². The van der Waals surface area contributed by atoms with Crippen LogP contribution in [0.25, 0.3) is 10.9 Å². The van der Waals surface area contributed by atoms with Crippen molar-refractivity contribution in [1.29, 1.82) is 0 Å². The fourth-order valence-corrected chi connectivity index (χ4v) is 2.71. The molecular weight excluding hydrogens is 345 g/mol. The van der Waals surface area contributed by atoms with Crippen LogP contribution in [0.1, 0.15) is 23.0 Å². The lowest BCUT2D eigenvalue weighted by atomic mass is 10.2. The fourth-order valence-electron chi connectivity index (χ4n) is 2.71. The molecule has 138 valence electrons. The molecule has 1 N–H and O–H groups in total. The Bertz CT molecular complexity index is 957. The third kappa shape index (κ3) is 4.67. The fraction of sp³-hybridized carbons (Fsp3) is 0.190. The maximum absolute atomic E-state index is 12.9. The zero-order chi connectivity index (χ0) is 19.2. The van der Waals surface area contributed by atoms with Gasteiger partial charge in [0, 0.05) is 18.5 Å². The highest BCUT2D eigenvalue weighted by Crippen LogP contribution is 2.13. The number of likely N-dealkylation sites (N-methyl/N-ethyl adjacent to an activating group) is 1. The first-order valence-corrected chi connectivity index (χ1v) is 8.73. The van der Waals surface area contributed by atoms with Gasteiger partial charge >= 0.3 is 0 Å². The highest BCUT2D eigenvalue weighted by Gasteiger charge is 2.18. The zero-order valence-electron chi connectivity index (χ0n) is 15.0. The van der Waals surface area contributed by atoms with E-state index in [2.05, 4.69) is 10.3 Å². The second-order valence-corrected chi connectivity index (χ2v) is 6.11. The second-order valence-electron chi connectivity index (χ2n) is 6.11. The Kier molecular flexibility index (Phi) is 5.76. The Morgan fingerprint density at radius 3 is 2.52 bits per heavy atom. The topological polar surface area (TPSA) is 62.3 Å². The monoisotopic (exact) mass is 365 g/mol. The van der Waals surface area contributed by atoms with Crippen LogP contribution >= 0.6 is 0 Å². The number of fused-ring (bicyclic) bond motifs is 1. The third-order valence-electron chi connectivity index (χ3n) is 4.22. The summed E-state index contributed by atoms with van der Waals surface area (Å²) >= 11 is 0. The van der Waals surface area contributed by atoms with Crippen LogP contribution in [0.4, 0.5) is 4.39 Å². The molecule has 0 atom stereocenters. The lowest BCUT2D eigenvalue weighted by molar-refractivity contribution is -0.121. The van der Waals surface area contributed by atoms with Crippen LogP contribution in [-0.4, -0.2) is 34.8 Å². The van der Waals surface area contributed by atoms with Gasteiger partial charge in [0.15, 0.2) is 0 Å². The van der Waals surface area contributed by atoms with Crippen molar-refractivity contribution >= 4 is 22.7 Å². The lowest BCUT2D eigenvalue weighted by Crippen LogP contribution is -2.40. The Balaban J connectivity index is 1.63. The number of nitrogens with one attached hydrogen (secondary N) is 1. The van der Waals surface area contributed by atoms with Crippen molar-refractivity contribution in [2.45, 2.75) is 13.5 Å². The number of pyridine rings is 1. The molecule has 0 aliphatic heterocycles. The highest BCUT2D eigenvalue weighted by molar-refractivity contribution is 5.96. The largest absolute Gasteiger partial charge is 0.350 e. The van der Waals surface area contributed by atoms with E-state index in [1.54, 1.807) is 18.2 Å². The Morgan fingerprint density at radius 1 is 1.04 bits per heavy atom. The normalized spacial score (nSPS) is 10.6. The molecule has 2 aromatic carbocycles. The van der Waals surface area contributed by atoms with Gasteiger partial charge in [0.05, 0.1) is 12.1 Å². The SMILES string of the molecule is CCN(CC(=O)NCc1ccc(F)cc1)C(=O)c1ccc2ccccc2n1. The van der Waals surface area contributed by atoms with Crippen LogP contribution in [0, 0.1) is 5.82 Å². The van der Waals surface area contributed by atoms with E-state index in [1.807, 2.05) is 37.3 Å².